The molecule has 0 spiro atoms. The number of hydrogen-bond acceptors (Lipinski definition) is 6. The monoisotopic (exact) mass is 491 g/mol. The zero-order valence-corrected chi connectivity index (χ0v) is 21.1. The van der Waals surface area contributed by atoms with Gasteiger partial charge in [0.15, 0.2) is 5.82 Å². The number of rotatable bonds is 9. The molecule has 37 heavy (non-hydrogen) atoms. The highest BCUT2D eigenvalue weighted by molar-refractivity contribution is 5.46. The molecule has 2 N–H and O–H groups in total. The van der Waals surface area contributed by atoms with Gasteiger partial charge in [-0.3, -0.25) is 0 Å². The number of piperidine rings is 1. The second kappa shape index (κ2) is 11.0. The second-order valence-electron chi connectivity index (χ2n) is 9.80. The van der Waals surface area contributed by atoms with Crippen LogP contribution in [0.1, 0.15) is 41.8 Å². The van der Waals surface area contributed by atoms with Crippen LogP contribution in [-0.4, -0.2) is 51.3 Å². The van der Waals surface area contributed by atoms with E-state index < -0.39 is 5.41 Å². The molecule has 0 atom stereocenters. The van der Waals surface area contributed by atoms with Crippen LogP contribution in [0.4, 0.5) is 0 Å². The zero-order valence-electron chi connectivity index (χ0n) is 21.1. The van der Waals surface area contributed by atoms with Crippen LogP contribution in [0.25, 0.3) is 0 Å². The molecule has 0 bridgehead atoms. The van der Waals surface area contributed by atoms with E-state index in [9.17, 15) is 5.26 Å². The number of nitrogens with zero attached hydrogens (tertiary/aromatic N) is 6. The van der Waals surface area contributed by atoms with Crippen molar-refractivity contribution in [3.05, 3.63) is 114 Å². The number of nitrogens with two attached hydrogens (primary N) is 1. The molecule has 0 saturated carbocycles. The third kappa shape index (κ3) is 4.78. The van der Waals surface area contributed by atoms with Crippen molar-refractivity contribution < 1.29 is 0 Å². The van der Waals surface area contributed by atoms with Crippen molar-refractivity contribution in [2.45, 2.75) is 36.6 Å². The van der Waals surface area contributed by atoms with E-state index in [1.807, 2.05) is 47.1 Å². The summed E-state index contributed by atoms with van der Waals surface area (Å²) in [5, 5.41) is 23.3. The van der Waals surface area contributed by atoms with Crippen molar-refractivity contribution in [2.24, 2.45) is 5.73 Å². The predicted molar refractivity (Wildman–Crippen MR) is 144 cm³/mol. The normalized spacial score (nSPS) is 15.8. The Hall–Kier alpha value is -3.86. The molecule has 1 saturated heterocycles. The fourth-order valence-electron chi connectivity index (χ4n) is 5.79. The molecule has 5 rings (SSSR count). The fraction of sp³-hybridized carbons (Fsp3) is 0.333. The van der Waals surface area contributed by atoms with Crippen LogP contribution >= 0.6 is 0 Å². The molecule has 1 fully saturated rings. The first-order valence-electron chi connectivity index (χ1n) is 13.0. The summed E-state index contributed by atoms with van der Waals surface area (Å²) in [4.78, 5) is 2.48. The zero-order chi connectivity index (χ0) is 25.6. The number of tetrazole rings is 1. The Morgan fingerprint density at radius 3 is 1.95 bits per heavy atom. The summed E-state index contributed by atoms with van der Waals surface area (Å²) in [7, 11) is 0. The smallest absolute Gasteiger partial charge is 0.161 e. The summed E-state index contributed by atoms with van der Waals surface area (Å²) >= 11 is 0. The van der Waals surface area contributed by atoms with Crippen LogP contribution in [0.5, 0.6) is 0 Å². The number of benzene rings is 3. The summed E-state index contributed by atoms with van der Waals surface area (Å²) < 4.78 is 1.87. The predicted octanol–water partition coefficient (Wildman–Crippen LogP) is 3.91. The van der Waals surface area contributed by atoms with Crippen LogP contribution in [0.3, 0.4) is 0 Å². The Labute approximate surface area is 218 Å². The molecule has 0 amide bonds. The summed E-state index contributed by atoms with van der Waals surface area (Å²) in [5.41, 5.74) is 8.23. The molecule has 1 aliphatic rings. The number of nitriles is 1. The van der Waals surface area contributed by atoms with E-state index in [2.05, 4.69) is 75.0 Å². The topological polar surface area (TPSA) is 96.6 Å². The number of hydrogen-bond donors (Lipinski definition) is 1. The summed E-state index contributed by atoms with van der Waals surface area (Å²) in [6, 6.07) is 33.7. The molecular formula is C30H33N7. The first-order valence-corrected chi connectivity index (χ1v) is 13.0. The van der Waals surface area contributed by atoms with Crippen LogP contribution in [0.15, 0.2) is 91.0 Å². The Morgan fingerprint density at radius 1 is 0.838 bits per heavy atom. The molecule has 0 aliphatic carbocycles. The van der Waals surface area contributed by atoms with Gasteiger partial charge < -0.3 is 10.6 Å². The van der Waals surface area contributed by atoms with Crippen molar-refractivity contribution >= 4 is 0 Å². The average Bonchev–Trinajstić information content (AvgIpc) is 3.45. The molecule has 1 aromatic heterocycles. The Morgan fingerprint density at radius 2 is 1.41 bits per heavy atom. The number of aromatic nitrogens is 4. The van der Waals surface area contributed by atoms with Crippen molar-refractivity contribution in [1.82, 2.24) is 25.1 Å². The average molecular weight is 492 g/mol. The molecule has 4 aromatic rings. The van der Waals surface area contributed by atoms with Gasteiger partial charge in [-0.2, -0.15) is 5.26 Å². The van der Waals surface area contributed by atoms with Gasteiger partial charge in [0.1, 0.15) is 5.41 Å². The lowest BCUT2D eigenvalue weighted by atomic mass is 9.71. The highest BCUT2D eigenvalue weighted by Crippen LogP contribution is 2.41. The van der Waals surface area contributed by atoms with Crippen LogP contribution < -0.4 is 5.73 Å². The van der Waals surface area contributed by atoms with E-state index in [0.29, 0.717) is 13.1 Å². The van der Waals surface area contributed by atoms with E-state index in [0.717, 1.165) is 55.8 Å². The lowest BCUT2D eigenvalue weighted by molar-refractivity contribution is 0.164. The van der Waals surface area contributed by atoms with E-state index in [-0.39, 0.29) is 5.41 Å². The van der Waals surface area contributed by atoms with Gasteiger partial charge in [-0.25, -0.2) is 4.68 Å². The van der Waals surface area contributed by atoms with Gasteiger partial charge in [0.25, 0.3) is 0 Å². The van der Waals surface area contributed by atoms with Gasteiger partial charge in [0, 0.05) is 13.1 Å². The fourth-order valence-corrected chi connectivity index (χ4v) is 5.79. The summed E-state index contributed by atoms with van der Waals surface area (Å²) in [6.07, 6.45) is 2.52. The van der Waals surface area contributed by atoms with Gasteiger partial charge in [0.2, 0.25) is 0 Å². The second-order valence-corrected chi connectivity index (χ2v) is 9.80. The quantitative estimate of drug-likeness (QED) is 0.381. The Bertz CT molecular complexity index is 1260. The van der Waals surface area contributed by atoms with Crippen molar-refractivity contribution in [2.75, 3.05) is 26.2 Å². The lowest BCUT2D eigenvalue weighted by Crippen LogP contribution is -2.46. The van der Waals surface area contributed by atoms with Gasteiger partial charge in [-0.05, 0) is 59.5 Å². The van der Waals surface area contributed by atoms with Crippen molar-refractivity contribution in [1.29, 1.82) is 5.26 Å². The minimum Gasteiger partial charge on any atom is -0.329 e. The highest BCUT2D eigenvalue weighted by Gasteiger charge is 2.43. The van der Waals surface area contributed by atoms with E-state index in [1.165, 1.54) is 5.56 Å². The molecule has 7 nitrogen and oxygen atoms in total. The maximum absolute atomic E-state index is 10.5. The standard InChI is InChI=1S/C30H33N7/c31-19-23-37-28(33-34-35-37)29(25-10-4-1-5-11-25)16-20-36(21-17-29)22-18-30(24-32,26-12-6-2-7-13-26)27-14-8-3-9-15-27/h1-15H,16-23,31H2. The van der Waals surface area contributed by atoms with Crippen LogP contribution in [0.2, 0.25) is 0 Å². The van der Waals surface area contributed by atoms with Crippen LogP contribution in [-0.2, 0) is 17.4 Å². The first kappa shape index (κ1) is 24.8. The third-order valence-corrected chi connectivity index (χ3v) is 7.86. The third-order valence-electron chi connectivity index (χ3n) is 7.86. The molecule has 7 heteroatoms. The van der Waals surface area contributed by atoms with Crippen molar-refractivity contribution in [3.8, 4) is 6.07 Å². The first-order chi connectivity index (χ1) is 18.2. The minimum absolute atomic E-state index is 0.262. The highest BCUT2D eigenvalue weighted by atomic mass is 15.5. The number of likely N-dealkylation sites (tertiary alicyclic amines) is 1. The van der Waals surface area contributed by atoms with Gasteiger partial charge in [-0.1, -0.05) is 91.0 Å². The molecule has 3 aromatic carbocycles. The Balaban J connectivity index is 1.39. The van der Waals surface area contributed by atoms with E-state index >= 15 is 0 Å². The maximum atomic E-state index is 10.5. The lowest BCUT2D eigenvalue weighted by Gasteiger charge is -2.42. The van der Waals surface area contributed by atoms with E-state index in [1.54, 1.807) is 0 Å². The summed E-state index contributed by atoms with van der Waals surface area (Å²) in [5.74, 6) is 0.892. The van der Waals surface area contributed by atoms with Crippen molar-refractivity contribution in [3.63, 3.8) is 0 Å². The van der Waals surface area contributed by atoms with Crippen LogP contribution in [0, 0.1) is 11.3 Å². The SMILES string of the molecule is N#CC(CCN1CCC(c2ccccc2)(c2nnnn2CCN)CC1)(c1ccccc1)c1ccccc1. The molecular weight excluding hydrogens is 458 g/mol. The maximum Gasteiger partial charge on any atom is 0.161 e. The Kier molecular flexibility index (Phi) is 7.40. The summed E-state index contributed by atoms with van der Waals surface area (Å²) in [6.45, 7) is 3.71. The molecule has 188 valence electrons. The molecule has 0 radical (unpaired) electrons. The largest absolute Gasteiger partial charge is 0.329 e. The van der Waals surface area contributed by atoms with Gasteiger partial charge >= 0.3 is 0 Å². The van der Waals surface area contributed by atoms with Gasteiger partial charge in [0.05, 0.1) is 18.0 Å². The van der Waals surface area contributed by atoms with E-state index in [4.69, 9.17) is 5.73 Å². The van der Waals surface area contributed by atoms with Gasteiger partial charge in [-0.15, -0.1) is 5.10 Å². The molecule has 1 aliphatic heterocycles. The molecule has 0 unspecified atom stereocenters. The minimum atomic E-state index is -0.693. The molecule has 2 heterocycles.